The first-order valence-electron chi connectivity index (χ1n) is 5.73. The van der Waals surface area contributed by atoms with Gasteiger partial charge in [0.05, 0.1) is 22.5 Å². The molecule has 1 unspecified atom stereocenters. The van der Waals surface area contributed by atoms with Crippen LogP contribution in [0.3, 0.4) is 0 Å². The van der Waals surface area contributed by atoms with E-state index < -0.39 is 10.8 Å². The number of nitro groups is 1. The molecule has 0 radical (unpaired) electrons. The van der Waals surface area contributed by atoms with Gasteiger partial charge in [-0.25, -0.2) is 0 Å². The van der Waals surface area contributed by atoms with E-state index >= 15 is 0 Å². The number of nitrogens with one attached hydrogen (secondary N) is 1. The van der Waals surface area contributed by atoms with Gasteiger partial charge >= 0.3 is 0 Å². The smallest absolute Gasteiger partial charge is 0.294 e. The van der Waals surface area contributed by atoms with Crippen molar-refractivity contribution in [3.05, 3.63) is 33.9 Å². The molecule has 7 heteroatoms. The highest BCUT2D eigenvalue weighted by Gasteiger charge is 2.20. The van der Waals surface area contributed by atoms with E-state index in [1.807, 2.05) is 13.0 Å². The zero-order valence-electron chi connectivity index (χ0n) is 10.4. The molecule has 3 N–H and O–H groups in total. The van der Waals surface area contributed by atoms with Crippen LogP contribution in [0.25, 0.3) is 0 Å². The van der Waals surface area contributed by atoms with Crippen molar-refractivity contribution < 1.29 is 9.72 Å². The molecule has 0 spiro atoms. The van der Waals surface area contributed by atoms with Crippen LogP contribution in [0.1, 0.15) is 18.9 Å². The first kappa shape index (κ1) is 14.6. The largest absolute Gasteiger partial charge is 0.330 e. The number of hydrogen-bond donors (Lipinski definition) is 2. The number of hydrogen-bond acceptors (Lipinski definition) is 5. The molecule has 7 nitrogen and oxygen atoms in total. The predicted molar refractivity (Wildman–Crippen MR) is 69.3 cm³/mol. The number of carbonyl (C=O) groups is 1. The van der Waals surface area contributed by atoms with Crippen LogP contribution < -0.4 is 11.1 Å². The van der Waals surface area contributed by atoms with Gasteiger partial charge in [0.2, 0.25) is 5.91 Å². The number of rotatable bonds is 5. The van der Waals surface area contributed by atoms with Crippen LogP contribution in [0.4, 0.5) is 11.4 Å². The highest BCUT2D eigenvalue weighted by Crippen LogP contribution is 2.25. The molecular weight excluding hydrogens is 248 g/mol. The lowest BCUT2D eigenvalue weighted by atomic mass is 10.1. The van der Waals surface area contributed by atoms with Crippen molar-refractivity contribution in [2.75, 3.05) is 11.9 Å². The lowest BCUT2D eigenvalue weighted by Gasteiger charge is -2.12. The van der Waals surface area contributed by atoms with Crippen molar-refractivity contribution >= 4 is 17.3 Å². The number of nitrogens with zero attached hydrogens (tertiary/aromatic N) is 2. The fourth-order valence-electron chi connectivity index (χ4n) is 1.55. The summed E-state index contributed by atoms with van der Waals surface area (Å²) in [4.78, 5) is 22.1. The summed E-state index contributed by atoms with van der Waals surface area (Å²) in [5, 5.41) is 22.1. The topological polar surface area (TPSA) is 122 Å². The third-order valence-corrected chi connectivity index (χ3v) is 2.73. The van der Waals surface area contributed by atoms with Crippen LogP contribution in [-0.4, -0.2) is 17.4 Å². The lowest BCUT2D eigenvalue weighted by molar-refractivity contribution is -0.384. The number of amides is 1. The summed E-state index contributed by atoms with van der Waals surface area (Å²) in [7, 11) is 0. The van der Waals surface area contributed by atoms with Gasteiger partial charge in [-0.15, -0.1) is 0 Å². The van der Waals surface area contributed by atoms with Crippen LogP contribution in [0.5, 0.6) is 0 Å². The van der Waals surface area contributed by atoms with Gasteiger partial charge in [-0.3, -0.25) is 14.9 Å². The molecule has 1 aromatic rings. The molecular formula is C12H14N4O3. The summed E-state index contributed by atoms with van der Waals surface area (Å²) < 4.78 is 0. The van der Waals surface area contributed by atoms with Crippen LogP contribution in [-0.2, 0) is 4.79 Å². The fourth-order valence-corrected chi connectivity index (χ4v) is 1.55. The zero-order chi connectivity index (χ0) is 14.4. The summed E-state index contributed by atoms with van der Waals surface area (Å²) in [5.74, 6) is -0.756. The Labute approximate surface area is 110 Å². The normalized spacial score (nSPS) is 11.4. The monoisotopic (exact) mass is 262 g/mol. The van der Waals surface area contributed by atoms with E-state index in [1.165, 1.54) is 12.1 Å². The second-order valence-corrected chi connectivity index (χ2v) is 3.93. The summed E-state index contributed by atoms with van der Waals surface area (Å²) in [6.45, 7) is 1.98. The van der Waals surface area contributed by atoms with Crippen molar-refractivity contribution in [3.8, 4) is 6.07 Å². The maximum atomic E-state index is 11.8. The number of carbonyl (C=O) groups excluding carboxylic acids is 1. The predicted octanol–water partition coefficient (Wildman–Crippen LogP) is 1.39. The van der Waals surface area contributed by atoms with Gasteiger partial charge < -0.3 is 11.1 Å². The third-order valence-electron chi connectivity index (χ3n) is 2.73. The summed E-state index contributed by atoms with van der Waals surface area (Å²) in [6, 6.07) is 5.69. The molecule has 0 fully saturated rings. The van der Waals surface area contributed by atoms with E-state index in [2.05, 4.69) is 5.32 Å². The summed E-state index contributed by atoms with van der Waals surface area (Å²) >= 11 is 0. The Balaban J connectivity index is 3.04. The van der Waals surface area contributed by atoms with Crippen LogP contribution >= 0.6 is 0 Å². The number of anilines is 1. The van der Waals surface area contributed by atoms with Crippen molar-refractivity contribution in [1.29, 1.82) is 5.26 Å². The minimum absolute atomic E-state index is 0.0703. The van der Waals surface area contributed by atoms with Crippen molar-refractivity contribution in [3.63, 3.8) is 0 Å². The third kappa shape index (κ3) is 3.50. The van der Waals surface area contributed by atoms with Crippen molar-refractivity contribution in [2.45, 2.75) is 13.3 Å². The van der Waals surface area contributed by atoms with E-state index in [1.54, 1.807) is 0 Å². The Morgan fingerprint density at radius 1 is 1.63 bits per heavy atom. The van der Waals surface area contributed by atoms with Gasteiger partial charge in [0.15, 0.2) is 0 Å². The minimum atomic E-state index is -0.639. The van der Waals surface area contributed by atoms with Crippen LogP contribution in [0, 0.1) is 27.4 Å². The fraction of sp³-hybridized carbons (Fsp3) is 0.333. The van der Waals surface area contributed by atoms with E-state index in [4.69, 9.17) is 11.0 Å². The highest BCUT2D eigenvalue weighted by atomic mass is 16.6. The van der Waals surface area contributed by atoms with E-state index in [0.717, 1.165) is 6.07 Å². The second kappa shape index (κ2) is 6.47. The molecule has 19 heavy (non-hydrogen) atoms. The molecule has 1 aromatic carbocycles. The summed E-state index contributed by atoms with van der Waals surface area (Å²) in [5.41, 5.74) is 5.37. The molecule has 0 saturated heterocycles. The maximum Gasteiger partial charge on any atom is 0.294 e. The van der Waals surface area contributed by atoms with E-state index in [9.17, 15) is 14.9 Å². The van der Waals surface area contributed by atoms with Crippen molar-refractivity contribution in [1.82, 2.24) is 0 Å². The van der Waals surface area contributed by atoms with Crippen molar-refractivity contribution in [2.24, 2.45) is 11.7 Å². The first-order chi connectivity index (χ1) is 9.03. The zero-order valence-corrected chi connectivity index (χ0v) is 10.4. The Bertz CT molecular complexity index is 532. The Kier molecular flexibility index (Phi) is 4.97. The number of benzene rings is 1. The standard InChI is InChI=1S/C12H14N4O3/c1-2-9(7-14)12(17)15-10-4-3-8(6-13)5-11(10)16(18)19/h3-5,9H,2,7,14H2,1H3,(H,15,17). The van der Waals surface area contributed by atoms with E-state index in [0.29, 0.717) is 6.42 Å². The molecule has 0 aliphatic heterocycles. The average Bonchev–Trinajstić information content (AvgIpc) is 2.40. The Hall–Kier alpha value is -2.46. The molecule has 0 aliphatic carbocycles. The van der Waals surface area contributed by atoms with Gasteiger partial charge in [0.25, 0.3) is 5.69 Å². The van der Waals surface area contributed by atoms with Gasteiger partial charge in [0, 0.05) is 12.6 Å². The van der Waals surface area contributed by atoms with Crippen LogP contribution in [0.15, 0.2) is 18.2 Å². The molecule has 1 amide bonds. The molecule has 0 aromatic heterocycles. The SMILES string of the molecule is CCC(CN)C(=O)Nc1ccc(C#N)cc1[N+](=O)[O-]. The molecule has 0 heterocycles. The average molecular weight is 262 g/mol. The molecule has 0 bridgehead atoms. The molecule has 0 aliphatic rings. The van der Waals surface area contributed by atoms with Gasteiger partial charge in [0.1, 0.15) is 5.69 Å². The Morgan fingerprint density at radius 3 is 2.79 bits per heavy atom. The molecule has 1 atom stereocenters. The first-order valence-corrected chi connectivity index (χ1v) is 5.73. The second-order valence-electron chi connectivity index (χ2n) is 3.93. The van der Waals surface area contributed by atoms with Gasteiger partial charge in [-0.2, -0.15) is 5.26 Å². The van der Waals surface area contributed by atoms with Crippen LogP contribution in [0.2, 0.25) is 0 Å². The highest BCUT2D eigenvalue weighted by molar-refractivity contribution is 5.94. The molecule has 100 valence electrons. The van der Waals surface area contributed by atoms with Gasteiger partial charge in [-0.05, 0) is 18.6 Å². The number of nitro benzene ring substituents is 1. The minimum Gasteiger partial charge on any atom is -0.330 e. The maximum absolute atomic E-state index is 11.8. The van der Waals surface area contributed by atoms with Gasteiger partial charge in [-0.1, -0.05) is 6.92 Å². The number of nitrogens with two attached hydrogens (primary N) is 1. The Morgan fingerprint density at radius 2 is 2.32 bits per heavy atom. The number of nitriles is 1. The van der Waals surface area contributed by atoms with E-state index in [-0.39, 0.29) is 29.4 Å². The summed E-state index contributed by atoms with van der Waals surface area (Å²) in [6.07, 6.45) is 0.548. The quantitative estimate of drug-likeness (QED) is 0.613. The lowest BCUT2D eigenvalue weighted by Crippen LogP contribution is -2.28. The molecule has 0 saturated carbocycles. The molecule has 1 rings (SSSR count).